The van der Waals surface area contributed by atoms with E-state index in [-0.39, 0.29) is 28.0 Å². The number of rotatable bonds is 6. The predicted octanol–water partition coefficient (Wildman–Crippen LogP) is 3.11. The van der Waals surface area contributed by atoms with Gasteiger partial charge in [0.1, 0.15) is 17.2 Å². The third-order valence-corrected chi connectivity index (χ3v) is 7.19. The van der Waals surface area contributed by atoms with Gasteiger partial charge in [0, 0.05) is 13.1 Å². The Morgan fingerprint density at radius 3 is 2.47 bits per heavy atom. The van der Waals surface area contributed by atoms with Crippen molar-refractivity contribution in [3.05, 3.63) is 65.1 Å². The minimum atomic E-state index is -4.00. The highest BCUT2D eigenvalue weighted by atomic mass is 32.2. The molecule has 166 valence electrons. The normalized spacial score (nSPS) is 17.9. The third-order valence-electron chi connectivity index (χ3n) is 5.02. The average molecular weight is 473 g/mol. The van der Waals surface area contributed by atoms with Crippen LogP contribution >= 0.6 is 11.8 Å². The van der Waals surface area contributed by atoms with E-state index in [0.717, 1.165) is 29.5 Å². The van der Waals surface area contributed by atoms with Crippen molar-refractivity contribution in [2.75, 3.05) is 19.6 Å². The first kappa shape index (κ1) is 22.1. The lowest BCUT2D eigenvalue weighted by Gasteiger charge is -2.18. The fraction of sp³-hybridized carbons (Fsp3) is 0.227. The van der Waals surface area contributed by atoms with Crippen LogP contribution in [-0.2, 0) is 19.7 Å². The topological polar surface area (TPSA) is 101 Å². The van der Waals surface area contributed by atoms with Gasteiger partial charge in [0.15, 0.2) is 0 Å². The van der Waals surface area contributed by atoms with Crippen LogP contribution in [0.4, 0.5) is 4.79 Å². The zero-order valence-electron chi connectivity index (χ0n) is 17.0. The van der Waals surface area contributed by atoms with E-state index in [1.165, 1.54) is 30.3 Å². The maximum Gasteiger partial charge on any atom is 0.339 e. The lowest BCUT2D eigenvalue weighted by atomic mass is 10.2. The number of carbonyl (C=O) groups excluding carboxylic acids is 3. The number of carbonyl (C=O) groups is 3. The van der Waals surface area contributed by atoms with Crippen LogP contribution in [0.15, 0.2) is 64.4 Å². The molecule has 2 heterocycles. The van der Waals surface area contributed by atoms with Gasteiger partial charge in [-0.3, -0.25) is 19.3 Å². The van der Waals surface area contributed by atoms with Gasteiger partial charge in [-0.05, 0) is 60.5 Å². The van der Waals surface area contributed by atoms with E-state index < -0.39 is 21.3 Å². The number of likely N-dealkylation sites (tertiary alicyclic amines) is 1. The highest BCUT2D eigenvalue weighted by molar-refractivity contribution is 8.18. The van der Waals surface area contributed by atoms with Crippen molar-refractivity contribution in [2.45, 2.75) is 17.7 Å². The largest absolute Gasteiger partial charge is 0.379 e. The number of hydrogen-bond donors (Lipinski definition) is 0. The summed E-state index contributed by atoms with van der Waals surface area (Å²) in [4.78, 5) is 40.1. The van der Waals surface area contributed by atoms with Gasteiger partial charge in [-0.15, -0.1) is 0 Å². The molecule has 8 nitrogen and oxygen atoms in total. The molecule has 3 amide bonds. The zero-order valence-corrected chi connectivity index (χ0v) is 18.6. The summed E-state index contributed by atoms with van der Waals surface area (Å²) in [6.45, 7) is 1.01. The summed E-state index contributed by atoms with van der Waals surface area (Å²) in [7, 11) is -4.00. The highest BCUT2D eigenvalue weighted by Crippen LogP contribution is 2.33. The van der Waals surface area contributed by atoms with Crippen LogP contribution in [0.25, 0.3) is 6.08 Å². The molecular weight excluding hydrogens is 452 g/mol. The highest BCUT2D eigenvalue weighted by Gasteiger charge is 2.37. The molecule has 2 aromatic carbocycles. The molecule has 2 aliphatic heterocycles. The standard InChI is InChI=1S/C22H20N2O6S2/c25-20(23-11-4-5-12-23)15-24-21(26)19(31-22(24)27)14-16-7-6-8-17(13-16)30-32(28,29)18-9-2-1-3-10-18/h1-3,6-10,13-14H,4-5,11-12,15H2/b19-14-. The molecule has 0 aromatic heterocycles. The molecule has 4 rings (SSSR count). The number of thioether (sulfide) groups is 1. The summed E-state index contributed by atoms with van der Waals surface area (Å²) < 4.78 is 30.0. The number of nitrogens with zero attached hydrogens (tertiary/aromatic N) is 2. The first-order valence-electron chi connectivity index (χ1n) is 9.96. The lowest BCUT2D eigenvalue weighted by Crippen LogP contribution is -2.40. The summed E-state index contributed by atoms with van der Waals surface area (Å²) in [5.74, 6) is -0.714. The number of hydrogen-bond acceptors (Lipinski definition) is 7. The summed E-state index contributed by atoms with van der Waals surface area (Å²) in [6, 6.07) is 13.9. The maximum absolute atomic E-state index is 12.7. The van der Waals surface area contributed by atoms with Gasteiger partial charge in [0.25, 0.3) is 11.1 Å². The minimum absolute atomic E-state index is 0.0224. The average Bonchev–Trinajstić information content (AvgIpc) is 3.39. The number of imide groups is 1. The molecule has 32 heavy (non-hydrogen) atoms. The zero-order chi connectivity index (χ0) is 22.7. The van der Waals surface area contributed by atoms with Crippen LogP contribution in [0, 0.1) is 0 Å². The van der Waals surface area contributed by atoms with Crippen molar-refractivity contribution in [3.63, 3.8) is 0 Å². The second-order valence-corrected chi connectivity index (χ2v) is 9.82. The third kappa shape index (κ3) is 4.86. The molecule has 0 aliphatic carbocycles. The Labute approximate surface area is 190 Å². The Kier molecular flexibility index (Phi) is 6.33. The van der Waals surface area contributed by atoms with E-state index in [1.54, 1.807) is 35.2 Å². The molecule has 0 atom stereocenters. The molecule has 0 spiro atoms. The quantitative estimate of drug-likeness (QED) is 0.470. The van der Waals surface area contributed by atoms with E-state index in [1.807, 2.05) is 0 Å². The van der Waals surface area contributed by atoms with E-state index in [0.29, 0.717) is 18.7 Å². The summed E-state index contributed by atoms with van der Waals surface area (Å²) in [5, 5.41) is -0.507. The summed E-state index contributed by atoms with van der Waals surface area (Å²) in [6.07, 6.45) is 3.32. The summed E-state index contributed by atoms with van der Waals surface area (Å²) in [5.41, 5.74) is 0.488. The van der Waals surface area contributed by atoms with Crippen molar-refractivity contribution in [1.82, 2.24) is 9.80 Å². The Balaban J connectivity index is 1.49. The van der Waals surface area contributed by atoms with Crippen LogP contribution in [0.2, 0.25) is 0 Å². The molecule has 2 aliphatic rings. The van der Waals surface area contributed by atoms with Crippen molar-refractivity contribution in [1.29, 1.82) is 0 Å². The molecule has 0 radical (unpaired) electrons. The van der Waals surface area contributed by atoms with Gasteiger partial charge in [0.05, 0.1) is 4.91 Å². The second-order valence-electron chi connectivity index (χ2n) is 7.28. The van der Waals surface area contributed by atoms with Gasteiger partial charge in [0.2, 0.25) is 5.91 Å². The Morgan fingerprint density at radius 2 is 1.75 bits per heavy atom. The molecule has 2 saturated heterocycles. The first-order chi connectivity index (χ1) is 15.3. The van der Waals surface area contributed by atoms with Crippen molar-refractivity contribution in [2.24, 2.45) is 0 Å². The van der Waals surface area contributed by atoms with E-state index >= 15 is 0 Å². The first-order valence-corrected chi connectivity index (χ1v) is 12.2. The van der Waals surface area contributed by atoms with Crippen LogP contribution in [0.3, 0.4) is 0 Å². The Morgan fingerprint density at radius 1 is 1.03 bits per heavy atom. The predicted molar refractivity (Wildman–Crippen MR) is 119 cm³/mol. The number of amides is 3. The second kappa shape index (κ2) is 9.17. The number of benzene rings is 2. The molecule has 2 aromatic rings. The van der Waals surface area contributed by atoms with Crippen LogP contribution in [-0.4, -0.2) is 54.9 Å². The van der Waals surface area contributed by atoms with Crippen molar-refractivity contribution >= 4 is 45.0 Å². The molecule has 0 bridgehead atoms. The van der Waals surface area contributed by atoms with Gasteiger partial charge < -0.3 is 9.08 Å². The van der Waals surface area contributed by atoms with Gasteiger partial charge >= 0.3 is 10.1 Å². The molecule has 2 fully saturated rings. The summed E-state index contributed by atoms with van der Waals surface area (Å²) >= 11 is 0.746. The lowest BCUT2D eigenvalue weighted by molar-refractivity contribution is -0.135. The van der Waals surface area contributed by atoms with Crippen LogP contribution < -0.4 is 4.18 Å². The van der Waals surface area contributed by atoms with Crippen LogP contribution in [0.1, 0.15) is 18.4 Å². The fourth-order valence-corrected chi connectivity index (χ4v) is 5.19. The molecular formula is C22H20N2O6S2. The SMILES string of the molecule is O=C(CN1C(=O)S/C(=C\c2cccc(OS(=O)(=O)c3ccccc3)c2)C1=O)N1CCCC1. The fourth-order valence-electron chi connectivity index (χ4n) is 3.41. The molecule has 10 heteroatoms. The molecule has 0 unspecified atom stereocenters. The van der Waals surface area contributed by atoms with Gasteiger partial charge in [-0.1, -0.05) is 30.3 Å². The maximum atomic E-state index is 12.7. The monoisotopic (exact) mass is 472 g/mol. The van der Waals surface area contributed by atoms with Crippen molar-refractivity contribution < 1.29 is 27.0 Å². The molecule has 0 saturated carbocycles. The van der Waals surface area contributed by atoms with E-state index in [4.69, 9.17) is 4.18 Å². The van der Waals surface area contributed by atoms with Gasteiger partial charge in [-0.25, -0.2) is 0 Å². The smallest absolute Gasteiger partial charge is 0.339 e. The minimum Gasteiger partial charge on any atom is -0.379 e. The van der Waals surface area contributed by atoms with Gasteiger partial charge in [-0.2, -0.15) is 8.42 Å². The van der Waals surface area contributed by atoms with Crippen LogP contribution in [0.5, 0.6) is 5.75 Å². The van der Waals surface area contributed by atoms with E-state index in [2.05, 4.69) is 0 Å². The van der Waals surface area contributed by atoms with E-state index in [9.17, 15) is 22.8 Å². The Hall–Kier alpha value is -3.11. The van der Waals surface area contributed by atoms with Crippen molar-refractivity contribution in [3.8, 4) is 5.75 Å². The molecule has 0 N–H and O–H groups in total. The Bertz CT molecular complexity index is 1190.